The smallest absolute Gasteiger partial charge is 0.0543 e. The van der Waals surface area contributed by atoms with Crippen LogP contribution in [0.5, 0.6) is 0 Å². The Kier molecular flexibility index (Phi) is 6.44. The fraction of sp³-hybridized carbons (Fsp3) is 0.583. The second-order valence-electron chi connectivity index (χ2n) is 3.84. The summed E-state index contributed by atoms with van der Waals surface area (Å²) in [6, 6.07) is 6.07. The van der Waals surface area contributed by atoms with Crippen molar-refractivity contribution >= 4 is 12.6 Å². The largest absolute Gasteiger partial charge is 0.301 e. The molecule has 0 spiro atoms. The minimum absolute atomic E-state index is 0.946. The van der Waals surface area contributed by atoms with Gasteiger partial charge in [-0.2, -0.15) is 12.6 Å². The normalized spacial score (nSPS) is 10.9. The van der Waals surface area contributed by atoms with Gasteiger partial charge in [0.1, 0.15) is 0 Å². The Morgan fingerprint density at radius 1 is 1.27 bits per heavy atom. The molecular weight excluding hydrogens is 204 g/mol. The standard InChI is InChI=1S/C12H20N2S/c1-14(9-5-2-6-10-15)11-12-7-3-4-8-13-12/h3-4,7-8,15H,2,5-6,9-11H2,1H3. The Labute approximate surface area is 98.1 Å². The maximum Gasteiger partial charge on any atom is 0.0543 e. The first-order valence-electron chi connectivity index (χ1n) is 5.52. The molecule has 0 N–H and O–H groups in total. The molecule has 0 radical (unpaired) electrons. The molecule has 1 heterocycles. The highest BCUT2D eigenvalue weighted by Gasteiger charge is 1.99. The van der Waals surface area contributed by atoms with E-state index in [1.54, 1.807) is 0 Å². The molecule has 0 saturated carbocycles. The van der Waals surface area contributed by atoms with Gasteiger partial charge in [0, 0.05) is 12.7 Å². The van der Waals surface area contributed by atoms with Crippen molar-refractivity contribution in [3.8, 4) is 0 Å². The van der Waals surface area contributed by atoms with Crippen LogP contribution in [-0.4, -0.2) is 29.2 Å². The Morgan fingerprint density at radius 3 is 2.80 bits per heavy atom. The Bertz CT molecular complexity index is 251. The van der Waals surface area contributed by atoms with Crippen molar-refractivity contribution in [2.45, 2.75) is 25.8 Å². The molecular formula is C12H20N2S. The number of pyridine rings is 1. The molecule has 1 aromatic rings. The van der Waals surface area contributed by atoms with Gasteiger partial charge in [0.15, 0.2) is 0 Å². The summed E-state index contributed by atoms with van der Waals surface area (Å²) < 4.78 is 0. The maximum atomic E-state index is 4.31. The van der Waals surface area contributed by atoms with Gasteiger partial charge in [-0.05, 0) is 44.3 Å². The Morgan fingerprint density at radius 2 is 2.13 bits per heavy atom. The average Bonchev–Trinajstić information content (AvgIpc) is 2.26. The van der Waals surface area contributed by atoms with Gasteiger partial charge < -0.3 is 4.90 Å². The van der Waals surface area contributed by atoms with Crippen molar-refractivity contribution in [3.63, 3.8) is 0 Å². The number of aromatic nitrogens is 1. The quantitative estimate of drug-likeness (QED) is 0.566. The molecule has 0 amide bonds. The lowest BCUT2D eigenvalue weighted by Gasteiger charge is -2.15. The fourth-order valence-electron chi connectivity index (χ4n) is 1.52. The second kappa shape index (κ2) is 7.71. The number of unbranched alkanes of at least 4 members (excludes halogenated alkanes) is 2. The summed E-state index contributed by atoms with van der Waals surface area (Å²) in [5, 5.41) is 0. The molecule has 0 aliphatic rings. The van der Waals surface area contributed by atoms with E-state index in [1.807, 2.05) is 18.3 Å². The summed E-state index contributed by atoms with van der Waals surface area (Å²) in [5.74, 6) is 1.00. The highest BCUT2D eigenvalue weighted by molar-refractivity contribution is 7.80. The monoisotopic (exact) mass is 224 g/mol. The molecule has 0 atom stereocenters. The first kappa shape index (κ1) is 12.5. The Hall–Kier alpha value is -0.540. The van der Waals surface area contributed by atoms with Crippen molar-refractivity contribution < 1.29 is 0 Å². The summed E-state index contributed by atoms with van der Waals surface area (Å²) in [4.78, 5) is 6.63. The molecule has 0 aromatic carbocycles. The zero-order valence-electron chi connectivity index (χ0n) is 9.39. The minimum Gasteiger partial charge on any atom is -0.301 e. The van der Waals surface area contributed by atoms with E-state index >= 15 is 0 Å². The lowest BCUT2D eigenvalue weighted by Crippen LogP contribution is -2.19. The molecule has 0 bridgehead atoms. The summed E-state index contributed by atoms with van der Waals surface area (Å²) >= 11 is 4.20. The first-order chi connectivity index (χ1) is 7.33. The zero-order valence-corrected chi connectivity index (χ0v) is 10.3. The Balaban J connectivity index is 2.16. The van der Waals surface area contributed by atoms with E-state index in [1.165, 1.54) is 19.3 Å². The van der Waals surface area contributed by atoms with Crippen LogP contribution < -0.4 is 0 Å². The van der Waals surface area contributed by atoms with Crippen LogP contribution in [0.4, 0.5) is 0 Å². The minimum atomic E-state index is 0.946. The fourth-order valence-corrected chi connectivity index (χ4v) is 1.74. The van der Waals surface area contributed by atoms with Crippen molar-refractivity contribution in [3.05, 3.63) is 30.1 Å². The van der Waals surface area contributed by atoms with Crippen LogP contribution >= 0.6 is 12.6 Å². The maximum absolute atomic E-state index is 4.31. The molecule has 1 aromatic heterocycles. The molecule has 15 heavy (non-hydrogen) atoms. The molecule has 0 aliphatic heterocycles. The first-order valence-corrected chi connectivity index (χ1v) is 6.15. The third-order valence-corrected chi connectivity index (χ3v) is 2.67. The third kappa shape index (κ3) is 5.80. The van der Waals surface area contributed by atoms with Crippen LogP contribution in [0.2, 0.25) is 0 Å². The van der Waals surface area contributed by atoms with Gasteiger partial charge in [0.25, 0.3) is 0 Å². The van der Waals surface area contributed by atoms with Crippen molar-refractivity contribution in [1.29, 1.82) is 0 Å². The topological polar surface area (TPSA) is 16.1 Å². The third-order valence-electron chi connectivity index (χ3n) is 2.36. The van der Waals surface area contributed by atoms with Gasteiger partial charge in [-0.25, -0.2) is 0 Å². The van der Waals surface area contributed by atoms with E-state index in [0.29, 0.717) is 0 Å². The van der Waals surface area contributed by atoms with Crippen LogP contribution in [0, 0.1) is 0 Å². The van der Waals surface area contributed by atoms with Gasteiger partial charge in [-0.15, -0.1) is 0 Å². The van der Waals surface area contributed by atoms with E-state index in [9.17, 15) is 0 Å². The number of thiol groups is 1. The summed E-state index contributed by atoms with van der Waals surface area (Å²) in [5.41, 5.74) is 1.15. The molecule has 0 fully saturated rings. The molecule has 1 rings (SSSR count). The van der Waals surface area contributed by atoms with Gasteiger partial charge in [0.2, 0.25) is 0 Å². The van der Waals surface area contributed by atoms with Crippen molar-refractivity contribution in [2.75, 3.05) is 19.3 Å². The highest BCUT2D eigenvalue weighted by Crippen LogP contribution is 2.02. The predicted octanol–water partition coefficient (Wildman–Crippen LogP) is 2.61. The van der Waals surface area contributed by atoms with Gasteiger partial charge in [-0.3, -0.25) is 4.98 Å². The molecule has 0 unspecified atom stereocenters. The highest BCUT2D eigenvalue weighted by atomic mass is 32.1. The summed E-state index contributed by atoms with van der Waals surface area (Å²) in [6.07, 6.45) is 5.60. The van der Waals surface area contributed by atoms with Crippen LogP contribution in [0.1, 0.15) is 25.0 Å². The predicted molar refractivity (Wildman–Crippen MR) is 68.3 cm³/mol. The van der Waals surface area contributed by atoms with Gasteiger partial charge in [0.05, 0.1) is 5.69 Å². The SMILES string of the molecule is CN(CCCCCS)Cc1ccccn1. The molecule has 84 valence electrons. The molecule has 2 nitrogen and oxygen atoms in total. The van der Waals surface area contributed by atoms with Crippen LogP contribution in [0.25, 0.3) is 0 Å². The number of nitrogens with zero attached hydrogens (tertiary/aromatic N) is 2. The van der Waals surface area contributed by atoms with E-state index in [2.05, 4.69) is 35.6 Å². The second-order valence-corrected chi connectivity index (χ2v) is 4.29. The van der Waals surface area contributed by atoms with E-state index in [0.717, 1.165) is 24.5 Å². The molecule has 3 heteroatoms. The lowest BCUT2D eigenvalue weighted by atomic mass is 10.2. The van der Waals surface area contributed by atoms with Crippen LogP contribution in [-0.2, 0) is 6.54 Å². The number of hydrogen-bond donors (Lipinski definition) is 1. The summed E-state index contributed by atoms with van der Waals surface area (Å²) in [7, 11) is 2.15. The average molecular weight is 224 g/mol. The molecule has 0 saturated heterocycles. The van der Waals surface area contributed by atoms with Gasteiger partial charge >= 0.3 is 0 Å². The number of hydrogen-bond acceptors (Lipinski definition) is 3. The van der Waals surface area contributed by atoms with Crippen molar-refractivity contribution in [1.82, 2.24) is 9.88 Å². The van der Waals surface area contributed by atoms with Crippen LogP contribution in [0.3, 0.4) is 0 Å². The molecule has 0 aliphatic carbocycles. The van der Waals surface area contributed by atoms with Gasteiger partial charge in [-0.1, -0.05) is 12.5 Å². The lowest BCUT2D eigenvalue weighted by molar-refractivity contribution is 0.314. The van der Waals surface area contributed by atoms with Crippen LogP contribution in [0.15, 0.2) is 24.4 Å². The van der Waals surface area contributed by atoms with E-state index in [4.69, 9.17) is 0 Å². The summed E-state index contributed by atoms with van der Waals surface area (Å²) in [6.45, 7) is 2.09. The number of rotatable bonds is 7. The van der Waals surface area contributed by atoms with E-state index < -0.39 is 0 Å². The zero-order chi connectivity index (χ0) is 10.9. The van der Waals surface area contributed by atoms with E-state index in [-0.39, 0.29) is 0 Å². The van der Waals surface area contributed by atoms with Crippen molar-refractivity contribution in [2.24, 2.45) is 0 Å².